The van der Waals surface area contributed by atoms with Gasteiger partial charge in [-0.05, 0) is 32.1 Å². The molecule has 1 aliphatic rings. The maximum Gasteiger partial charge on any atom is 0.220 e. The quantitative estimate of drug-likeness (QED) is 0.361. The first-order valence-corrected chi connectivity index (χ1v) is 11.2. The molecule has 0 radical (unpaired) electrons. The highest BCUT2D eigenvalue weighted by molar-refractivity contribution is 5.76. The van der Waals surface area contributed by atoms with E-state index in [9.17, 15) is 9.90 Å². The van der Waals surface area contributed by atoms with Crippen LogP contribution in [0.15, 0.2) is 0 Å². The zero-order chi connectivity index (χ0) is 18.2. The minimum atomic E-state index is -0.213. The van der Waals surface area contributed by atoms with Gasteiger partial charge in [-0.2, -0.15) is 0 Å². The van der Waals surface area contributed by atoms with Crippen molar-refractivity contribution in [2.45, 2.75) is 135 Å². The van der Waals surface area contributed by atoms with E-state index in [1.54, 1.807) is 0 Å². The molecule has 1 amide bonds. The fourth-order valence-electron chi connectivity index (χ4n) is 3.90. The van der Waals surface area contributed by atoms with Crippen LogP contribution < -0.4 is 5.32 Å². The highest BCUT2D eigenvalue weighted by Crippen LogP contribution is 2.18. The lowest BCUT2D eigenvalue weighted by molar-refractivity contribution is -0.122. The Morgan fingerprint density at radius 1 is 0.840 bits per heavy atom. The van der Waals surface area contributed by atoms with E-state index in [-0.39, 0.29) is 18.1 Å². The molecule has 2 atom stereocenters. The zero-order valence-electron chi connectivity index (χ0n) is 16.7. The summed E-state index contributed by atoms with van der Waals surface area (Å²) in [5.74, 6) is 0.183. The van der Waals surface area contributed by atoms with Gasteiger partial charge in [-0.3, -0.25) is 4.79 Å². The molecule has 3 nitrogen and oxygen atoms in total. The van der Waals surface area contributed by atoms with Gasteiger partial charge in [0.25, 0.3) is 0 Å². The van der Waals surface area contributed by atoms with Crippen LogP contribution in [0.1, 0.15) is 122 Å². The summed E-state index contributed by atoms with van der Waals surface area (Å²) in [4.78, 5) is 11.9. The number of aliphatic hydroxyl groups excluding tert-OH is 1. The van der Waals surface area contributed by atoms with E-state index >= 15 is 0 Å². The van der Waals surface area contributed by atoms with E-state index in [0.717, 1.165) is 32.1 Å². The van der Waals surface area contributed by atoms with Crippen molar-refractivity contribution in [1.82, 2.24) is 5.32 Å². The van der Waals surface area contributed by atoms with E-state index in [4.69, 9.17) is 0 Å². The second-order valence-electron chi connectivity index (χ2n) is 8.08. The molecule has 0 aliphatic heterocycles. The average Bonchev–Trinajstić information content (AvgIpc) is 2.59. The fraction of sp³-hybridized carbons (Fsp3) is 0.955. The number of carbonyl (C=O) groups excluding carboxylic acids is 1. The largest absolute Gasteiger partial charge is 0.393 e. The molecular weight excluding hydrogens is 310 g/mol. The van der Waals surface area contributed by atoms with Crippen LogP contribution in [-0.2, 0) is 4.79 Å². The lowest BCUT2D eigenvalue weighted by Crippen LogP contribution is -2.39. The molecule has 0 aromatic heterocycles. The molecule has 25 heavy (non-hydrogen) atoms. The van der Waals surface area contributed by atoms with Crippen molar-refractivity contribution >= 4 is 5.91 Å². The van der Waals surface area contributed by atoms with Gasteiger partial charge in [-0.15, -0.1) is 0 Å². The highest BCUT2D eigenvalue weighted by Gasteiger charge is 2.21. The number of carbonyl (C=O) groups is 1. The molecule has 0 heterocycles. The van der Waals surface area contributed by atoms with E-state index in [1.165, 1.54) is 77.0 Å². The van der Waals surface area contributed by atoms with Crippen LogP contribution in [0.4, 0.5) is 0 Å². The van der Waals surface area contributed by atoms with E-state index in [0.29, 0.717) is 6.42 Å². The van der Waals surface area contributed by atoms with Gasteiger partial charge in [0.15, 0.2) is 0 Å². The SMILES string of the molecule is CCCCCCCCCCCCCCCC(=O)NC1CCCC(O)C1. The van der Waals surface area contributed by atoms with E-state index in [2.05, 4.69) is 12.2 Å². The van der Waals surface area contributed by atoms with Crippen molar-refractivity contribution in [3.05, 3.63) is 0 Å². The summed E-state index contributed by atoms with van der Waals surface area (Å²) < 4.78 is 0. The van der Waals surface area contributed by atoms with Gasteiger partial charge in [0.2, 0.25) is 5.91 Å². The number of hydrogen-bond donors (Lipinski definition) is 2. The van der Waals surface area contributed by atoms with E-state index < -0.39 is 0 Å². The molecule has 2 unspecified atom stereocenters. The molecule has 1 rings (SSSR count). The maximum absolute atomic E-state index is 11.9. The number of nitrogens with one attached hydrogen (secondary N) is 1. The topological polar surface area (TPSA) is 49.3 Å². The number of aliphatic hydroxyl groups is 1. The second kappa shape index (κ2) is 15.7. The Labute approximate surface area is 156 Å². The number of amides is 1. The Morgan fingerprint density at radius 3 is 1.88 bits per heavy atom. The molecule has 1 saturated carbocycles. The van der Waals surface area contributed by atoms with Crippen LogP contribution in [0, 0.1) is 0 Å². The van der Waals surface area contributed by atoms with Crippen LogP contribution >= 0.6 is 0 Å². The fourth-order valence-corrected chi connectivity index (χ4v) is 3.90. The number of unbranched alkanes of at least 4 members (excludes halogenated alkanes) is 12. The number of hydrogen-bond acceptors (Lipinski definition) is 2. The molecular formula is C22H43NO2. The lowest BCUT2D eigenvalue weighted by atomic mass is 9.93. The minimum absolute atomic E-state index is 0.183. The van der Waals surface area contributed by atoms with Crippen molar-refractivity contribution in [2.75, 3.05) is 0 Å². The first kappa shape index (κ1) is 22.5. The third-order valence-corrected chi connectivity index (χ3v) is 5.52. The van der Waals surface area contributed by atoms with Gasteiger partial charge >= 0.3 is 0 Å². The van der Waals surface area contributed by atoms with Crippen LogP contribution in [0.3, 0.4) is 0 Å². The van der Waals surface area contributed by atoms with E-state index in [1.807, 2.05) is 0 Å². The third-order valence-electron chi connectivity index (χ3n) is 5.52. The van der Waals surface area contributed by atoms with Crippen molar-refractivity contribution in [3.8, 4) is 0 Å². The van der Waals surface area contributed by atoms with Crippen LogP contribution in [0.5, 0.6) is 0 Å². The molecule has 0 aromatic rings. The molecule has 0 spiro atoms. The smallest absolute Gasteiger partial charge is 0.220 e. The van der Waals surface area contributed by atoms with Crippen LogP contribution in [-0.4, -0.2) is 23.2 Å². The Kier molecular flexibility index (Phi) is 14.1. The summed E-state index contributed by atoms with van der Waals surface area (Å²) in [6.07, 6.45) is 21.5. The Morgan fingerprint density at radius 2 is 1.36 bits per heavy atom. The third kappa shape index (κ3) is 13.3. The predicted molar refractivity (Wildman–Crippen MR) is 107 cm³/mol. The summed E-state index contributed by atoms with van der Waals surface area (Å²) in [6, 6.07) is 0.207. The molecule has 148 valence electrons. The molecule has 1 fully saturated rings. The molecule has 1 aliphatic carbocycles. The standard InChI is InChI=1S/C22H43NO2/c1-2-3-4-5-6-7-8-9-10-11-12-13-14-18-22(25)23-20-16-15-17-21(24)19-20/h20-21,24H,2-19H2,1H3,(H,23,25). The molecule has 0 saturated heterocycles. The molecule has 0 aromatic carbocycles. The number of rotatable bonds is 15. The Bertz CT molecular complexity index is 319. The summed E-state index contributed by atoms with van der Waals surface area (Å²) in [6.45, 7) is 2.27. The maximum atomic E-state index is 11.9. The summed E-state index contributed by atoms with van der Waals surface area (Å²) in [7, 11) is 0. The summed E-state index contributed by atoms with van der Waals surface area (Å²) >= 11 is 0. The van der Waals surface area contributed by atoms with Gasteiger partial charge in [0, 0.05) is 12.5 Å². The Hall–Kier alpha value is -0.570. The lowest BCUT2D eigenvalue weighted by Gasteiger charge is -2.26. The highest BCUT2D eigenvalue weighted by atomic mass is 16.3. The predicted octanol–water partition coefficient (Wildman–Crippen LogP) is 5.89. The van der Waals surface area contributed by atoms with Crippen molar-refractivity contribution in [1.29, 1.82) is 0 Å². The molecule has 3 heteroatoms. The normalized spacial score (nSPS) is 20.6. The van der Waals surface area contributed by atoms with Crippen LogP contribution in [0.25, 0.3) is 0 Å². The minimum Gasteiger partial charge on any atom is -0.393 e. The average molecular weight is 354 g/mol. The zero-order valence-corrected chi connectivity index (χ0v) is 16.7. The first-order valence-electron chi connectivity index (χ1n) is 11.2. The van der Waals surface area contributed by atoms with Gasteiger partial charge in [0.1, 0.15) is 0 Å². The summed E-state index contributed by atoms with van der Waals surface area (Å²) in [5.41, 5.74) is 0. The first-order chi connectivity index (χ1) is 12.2. The van der Waals surface area contributed by atoms with Crippen molar-refractivity contribution in [3.63, 3.8) is 0 Å². The Balaban J connectivity index is 1.80. The van der Waals surface area contributed by atoms with Crippen molar-refractivity contribution < 1.29 is 9.90 Å². The second-order valence-corrected chi connectivity index (χ2v) is 8.08. The monoisotopic (exact) mass is 353 g/mol. The van der Waals surface area contributed by atoms with Gasteiger partial charge in [-0.25, -0.2) is 0 Å². The van der Waals surface area contributed by atoms with Crippen LogP contribution in [0.2, 0.25) is 0 Å². The van der Waals surface area contributed by atoms with Gasteiger partial charge in [-0.1, -0.05) is 84.0 Å². The molecule has 2 N–H and O–H groups in total. The van der Waals surface area contributed by atoms with Gasteiger partial charge in [0.05, 0.1) is 6.10 Å². The van der Waals surface area contributed by atoms with Gasteiger partial charge < -0.3 is 10.4 Å². The van der Waals surface area contributed by atoms with Crippen molar-refractivity contribution in [2.24, 2.45) is 0 Å². The summed E-state index contributed by atoms with van der Waals surface area (Å²) in [5, 5.41) is 12.7. The molecule has 0 bridgehead atoms.